The first kappa shape index (κ1) is 36.0. The summed E-state index contributed by atoms with van der Waals surface area (Å²) in [6.07, 6.45) is 4.51. The van der Waals surface area contributed by atoms with E-state index in [1.807, 2.05) is 13.0 Å². The van der Waals surface area contributed by atoms with Crippen LogP contribution in [-0.2, 0) is 27.2 Å². The van der Waals surface area contributed by atoms with E-state index in [1.54, 1.807) is 48.5 Å². The van der Waals surface area contributed by atoms with Crippen molar-refractivity contribution in [3.8, 4) is 0 Å². The largest absolute Gasteiger partial charge is 0.465 e. The van der Waals surface area contributed by atoms with Crippen LogP contribution in [-0.4, -0.2) is 41.0 Å². The molecular formula is C37H36N4O7S2. The van der Waals surface area contributed by atoms with Crippen molar-refractivity contribution >= 4 is 69.2 Å². The van der Waals surface area contributed by atoms with Crippen LogP contribution in [0, 0.1) is 16.0 Å². The lowest BCUT2D eigenvalue weighted by Crippen LogP contribution is -2.30. The summed E-state index contributed by atoms with van der Waals surface area (Å²) in [6.45, 7) is 4.08. The smallest absolute Gasteiger partial charge is 0.341 e. The Morgan fingerprint density at radius 1 is 1.04 bits per heavy atom. The summed E-state index contributed by atoms with van der Waals surface area (Å²) in [4.78, 5) is 65.3. The Labute approximate surface area is 297 Å². The van der Waals surface area contributed by atoms with Crippen molar-refractivity contribution in [3.05, 3.63) is 122 Å². The lowest BCUT2D eigenvalue weighted by Gasteiger charge is -2.18. The van der Waals surface area contributed by atoms with Crippen LogP contribution in [0.25, 0.3) is 6.08 Å². The Kier molecular flexibility index (Phi) is 11.8. The van der Waals surface area contributed by atoms with Gasteiger partial charge in [-0.1, -0.05) is 38.1 Å². The van der Waals surface area contributed by atoms with Gasteiger partial charge in [0.2, 0.25) is 5.91 Å². The van der Waals surface area contributed by atoms with Gasteiger partial charge in [-0.15, -0.1) is 23.1 Å². The highest BCUT2D eigenvalue weighted by Crippen LogP contribution is 2.40. The number of anilines is 2. The number of thiophene rings is 1. The van der Waals surface area contributed by atoms with E-state index in [4.69, 9.17) is 4.74 Å². The van der Waals surface area contributed by atoms with Gasteiger partial charge in [0, 0.05) is 33.2 Å². The predicted molar refractivity (Wildman–Crippen MR) is 195 cm³/mol. The zero-order valence-electron chi connectivity index (χ0n) is 27.7. The fourth-order valence-corrected chi connectivity index (χ4v) is 7.90. The maximum atomic E-state index is 13.6. The van der Waals surface area contributed by atoms with Gasteiger partial charge in [-0.2, -0.15) is 0 Å². The molecule has 0 saturated heterocycles. The van der Waals surface area contributed by atoms with Crippen LogP contribution >= 0.6 is 23.1 Å². The second-order valence-corrected chi connectivity index (χ2v) is 14.1. The molecule has 13 heteroatoms. The van der Waals surface area contributed by atoms with Gasteiger partial charge in [0.15, 0.2) is 0 Å². The van der Waals surface area contributed by atoms with Gasteiger partial charge in [0.05, 0.1) is 22.8 Å². The third kappa shape index (κ3) is 8.84. The molecule has 1 heterocycles. The van der Waals surface area contributed by atoms with Crippen LogP contribution in [0.2, 0.25) is 0 Å². The van der Waals surface area contributed by atoms with E-state index in [1.165, 1.54) is 60.5 Å². The molecule has 3 amide bonds. The summed E-state index contributed by atoms with van der Waals surface area (Å²) >= 11 is 2.76. The molecular weight excluding hydrogens is 677 g/mol. The van der Waals surface area contributed by atoms with E-state index in [0.717, 1.165) is 29.7 Å². The Balaban J connectivity index is 1.32. The number of thioether (sulfide) groups is 1. The number of non-ortho nitro benzene ring substituents is 1. The van der Waals surface area contributed by atoms with Crippen LogP contribution in [0.5, 0.6) is 0 Å². The van der Waals surface area contributed by atoms with Crippen LogP contribution in [0.4, 0.5) is 16.4 Å². The number of amides is 3. The SMILES string of the molecule is CCC(Sc1cccc(NC(=O)/C(=C\c2ccc([N+](=O)[O-])cc2)NC(=O)c2ccccc2)c1)C(=O)Nc1sc2c(c1C(=O)OC)CCC(C)C2. The monoisotopic (exact) mass is 712 g/mol. The average Bonchev–Trinajstić information content (AvgIpc) is 3.47. The van der Waals surface area contributed by atoms with Crippen LogP contribution in [0.1, 0.15) is 63.4 Å². The highest BCUT2D eigenvalue weighted by molar-refractivity contribution is 8.00. The first-order chi connectivity index (χ1) is 24.1. The first-order valence-electron chi connectivity index (χ1n) is 16.0. The van der Waals surface area contributed by atoms with Crippen molar-refractivity contribution in [1.29, 1.82) is 0 Å². The van der Waals surface area contributed by atoms with E-state index in [9.17, 15) is 29.3 Å². The Morgan fingerprint density at radius 2 is 1.78 bits per heavy atom. The van der Waals surface area contributed by atoms with Crippen LogP contribution in [0.15, 0.2) is 89.5 Å². The Hall–Kier alpha value is -5.27. The van der Waals surface area contributed by atoms with Gasteiger partial charge < -0.3 is 20.7 Å². The molecule has 0 bridgehead atoms. The molecule has 2 atom stereocenters. The normalized spacial score (nSPS) is 14.5. The maximum absolute atomic E-state index is 13.6. The molecule has 0 spiro atoms. The second kappa shape index (κ2) is 16.4. The van der Waals surface area contributed by atoms with Crippen molar-refractivity contribution in [2.75, 3.05) is 17.7 Å². The summed E-state index contributed by atoms with van der Waals surface area (Å²) in [5, 5.41) is 19.6. The van der Waals surface area contributed by atoms with Gasteiger partial charge in [-0.25, -0.2) is 4.79 Å². The number of fused-ring (bicyclic) bond motifs is 1. The zero-order valence-corrected chi connectivity index (χ0v) is 29.3. The average molecular weight is 713 g/mol. The zero-order chi connectivity index (χ0) is 35.8. The van der Waals surface area contributed by atoms with Gasteiger partial charge >= 0.3 is 5.97 Å². The Morgan fingerprint density at radius 3 is 2.46 bits per heavy atom. The van der Waals surface area contributed by atoms with Crippen molar-refractivity contribution in [2.45, 2.75) is 49.7 Å². The minimum atomic E-state index is -0.620. The van der Waals surface area contributed by atoms with E-state index in [0.29, 0.717) is 44.6 Å². The van der Waals surface area contributed by atoms with Gasteiger partial charge in [0.25, 0.3) is 17.5 Å². The Bertz CT molecular complexity index is 1940. The molecule has 1 aromatic heterocycles. The summed E-state index contributed by atoms with van der Waals surface area (Å²) in [7, 11) is 1.34. The van der Waals surface area contributed by atoms with Gasteiger partial charge in [-0.3, -0.25) is 24.5 Å². The van der Waals surface area contributed by atoms with E-state index in [2.05, 4.69) is 22.9 Å². The molecule has 3 N–H and O–H groups in total. The number of carbonyl (C=O) groups is 4. The molecule has 1 aliphatic carbocycles. The minimum absolute atomic E-state index is 0.0778. The maximum Gasteiger partial charge on any atom is 0.341 e. The van der Waals surface area contributed by atoms with Crippen molar-refractivity contribution in [2.24, 2.45) is 5.92 Å². The lowest BCUT2D eigenvalue weighted by molar-refractivity contribution is -0.384. The number of esters is 1. The number of nitro benzene ring substituents is 1. The minimum Gasteiger partial charge on any atom is -0.465 e. The molecule has 258 valence electrons. The first-order valence-corrected chi connectivity index (χ1v) is 17.7. The van der Waals surface area contributed by atoms with Crippen molar-refractivity contribution < 1.29 is 28.8 Å². The number of carbonyl (C=O) groups excluding carboxylic acids is 4. The van der Waals surface area contributed by atoms with E-state index < -0.39 is 28.0 Å². The van der Waals surface area contributed by atoms with Gasteiger partial charge in [-0.05, 0) is 91.3 Å². The molecule has 5 rings (SSSR count). The quantitative estimate of drug-likeness (QED) is 0.0449. The number of methoxy groups -OCH3 is 1. The molecule has 11 nitrogen and oxygen atoms in total. The molecule has 1 aliphatic rings. The van der Waals surface area contributed by atoms with Crippen LogP contribution < -0.4 is 16.0 Å². The summed E-state index contributed by atoms with van der Waals surface area (Å²) in [5.74, 6) is -1.34. The molecule has 0 saturated carbocycles. The highest BCUT2D eigenvalue weighted by atomic mass is 32.2. The van der Waals surface area contributed by atoms with E-state index in [-0.39, 0.29) is 17.3 Å². The molecule has 2 unspecified atom stereocenters. The van der Waals surface area contributed by atoms with E-state index >= 15 is 0 Å². The van der Waals surface area contributed by atoms with Gasteiger partial charge in [0.1, 0.15) is 10.7 Å². The molecule has 0 aliphatic heterocycles. The topological polar surface area (TPSA) is 157 Å². The fraction of sp³-hybridized carbons (Fsp3) is 0.243. The number of hydrogen-bond acceptors (Lipinski definition) is 9. The third-order valence-corrected chi connectivity index (χ3v) is 10.6. The number of nitrogens with zero attached hydrogens (tertiary/aromatic N) is 1. The number of nitro groups is 1. The number of hydrogen-bond donors (Lipinski definition) is 3. The molecule has 0 radical (unpaired) electrons. The molecule has 3 aromatic carbocycles. The number of ether oxygens (including phenoxy) is 1. The predicted octanol–water partition coefficient (Wildman–Crippen LogP) is 7.49. The fourth-order valence-electron chi connectivity index (χ4n) is 5.48. The number of nitrogens with one attached hydrogen (secondary N) is 3. The lowest BCUT2D eigenvalue weighted by atomic mass is 9.88. The van der Waals surface area contributed by atoms with Crippen LogP contribution in [0.3, 0.4) is 0 Å². The number of benzene rings is 3. The standard InChI is InChI=1S/C37H36N4O7S2/c1-4-30(35(44)40-36-32(37(45)48-3)28-18-13-22(2)19-31(28)50-36)49-27-12-8-11-25(21-27)38-34(43)29(39-33(42)24-9-6-5-7-10-24)20-23-14-16-26(17-15-23)41(46)47/h5-12,14-17,20-22,30H,4,13,18-19H2,1-3H3,(H,38,43)(H,39,42)(H,40,44)/b29-20+. The summed E-state index contributed by atoms with van der Waals surface area (Å²) in [5.41, 5.74) is 2.44. The number of rotatable bonds is 12. The highest BCUT2D eigenvalue weighted by Gasteiger charge is 2.30. The van der Waals surface area contributed by atoms with Crippen molar-refractivity contribution in [3.63, 3.8) is 0 Å². The molecule has 50 heavy (non-hydrogen) atoms. The molecule has 4 aromatic rings. The van der Waals surface area contributed by atoms with Crippen molar-refractivity contribution in [1.82, 2.24) is 5.32 Å². The molecule has 0 fully saturated rings. The third-order valence-electron chi connectivity index (χ3n) is 8.12. The summed E-state index contributed by atoms with van der Waals surface area (Å²) in [6, 6.07) is 21.0. The summed E-state index contributed by atoms with van der Waals surface area (Å²) < 4.78 is 5.07. The second-order valence-electron chi connectivity index (χ2n) is 11.8.